The van der Waals surface area contributed by atoms with Gasteiger partial charge in [0.05, 0.1) is 18.3 Å². The Labute approximate surface area is 138 Å². The fourth-order valence-electron chi connectivity index (χ4n) is 6.67. The van der Waals surface area contributed by atoms with Gasteiger partial charge in [-0.25, -0.2) is 0 Å². The second-order valence-corrected chi connectivity index (χ2v) is 9.01. The van der Waals surface area contributed by atoms with Crippen LogP contribution in [0.5, 0.6) is 0 Å². The molecule has 4 aliphatic rings. The van der Waals surface area contributed by atoms with Crippen molar-refractivity contribution in [3.05, 3.63) is 11.6 Å². The molecule has 0 aromatic rings. The third-order valence-electron chi connectivity index (χ3n) is 8.15. The minimum absolute atomic E-state index is 0.0728. The highest BCUT2D eigenvalue weighted by atomic mass is 16.3. The molecule has 0 bridgehead atoms. The van der Waals surface area contributed by atoms with E-state index in [1.807, 2.05) is 6.08 Å². The largest absolute Gasteiger partial charge is 0.393 e. The number of aliphatic hydroxyl groups is 4. The molecule has 0 aromatic carbocycles. The molecular formula is C19H30O4. The van der Waals surface area contributed by atoms with Crippen molar-refractivity contribution in [1.29, 1.82) is 0 Å². The molecule has 0 saturated heterocycles. The van der Waals surface area contributed by atoms with Gasteiger partial charge in [-0.05, 0) is 72.7 Å². The Morgan fingerprint density at radius 1 is 0.913 bits per heavy atom. The van der Waals surface area contributed by atoms with Crippen molar-refractivity contribution >= 4 is 0 Å². The molecule has 23 heavy (non-hydrogen) atoms. The quantitative estimate of drug-likeness (QED) is 0.511. The van der Waals surface area contributed by atoms with Gasteiger partial charge in [-0.15, -0.1) is 0 Å². The highest BCUT2D eigenvalue weighted by Crippen LogP contribution is 2.64. The molecule has 4 rings (SSSR count). The molecule has 3 saturated carbocycles. The normalized spacial score (nSPS) is 58.9. The van der Waals surface area contributed by atoms with E-state index in [1.165, 1.54) is 0 Å². The monoisotopic (exact) mass is 322 g/mol. The van der Waals surface area contributed by atoms with Crippen molar-refractivity contribution in [2.24, 2.45) is 28.6 Å². The second kappa shape index (κ2) is 5.04. The lowest BCUT2D eigenvalue weighted by Crippen LogP contribution is -2.57. The van der Waals surface area contributed by atoms with Crippen molar-refractivity contribution in [3.63, 3.8) is 0 Å². The van der Waals surface area contributed by atoms with Gasteiger partial charge in [-0.3, -0.25) is 0 Å². The summed E-state index contributed by atoms with van der Waals surface area (Å²) in [6.07, 6.45) is 4.77. The maximum absolute atomic E-state index is 10.9. The van der Waals surface area contributed by atoms with Crippen LogP contribution in [0.4, 0.5) is 0 Å². The summed E-state index contributed by atoms with van der Waals surface area (Å²) in [7, 11) is 0. The van der Waals surface area contributed by atoms with Gasteiger partial charge in [0.25, 0.3) is 0 Å². The van der Waals surface area contributed by atoms with Gasteiger partial charge in [0.2, 0.25) is 0 Å². The molecule has 0 aliphatic heterocycles. The first-order chi connectivity index (χ1) is 10.8. The van der Waals surface area contributed by atoms with Crippen LogP contribution in [-0.2, 0) is 0 Å². The van der Waals surface area contributed by atoms with E-state index >= 15 is 0 Å². The Balaban J connectivity index is 1.75. The van der Waals surface area contributed by atoms with E-state index in [4.69, 9.17) is 0 Å². The fraction of sp³-hybridized carbons (Fsp3) is 0.895. The average molecular weight is 322 g/mol. The van der Waals surface area contributed by atoms with Gasteiger partial charge in [0, 0.05) is 0 Å². The van der Waals surface area contributed by atoms with E-state index in [9.17, 15) is 20.4 Å². The van der Waals surface area contributed by atoms with Crippen LogP contribution in [0.15, 0.2) is 11.6 Å². The molecular weight excluding hydrogens is 292 g/mol. The Bertz CT molecular complexity index is 531. The first kappa shape index (κ1) is 16.1. The average Bonchev–Trinajstić information content (AvgIpc) is 2.82. The molecule has 0 radical (unpaired) electrons. The van der Waals surface area contributed by atoms with Crippen molar-refractivity contribution in [3.8, 4) is 0 Å². The highest BCUT2D eigenvalue weighted by Gasteiger charge is 2.61. The van der Waals surface area contributed by atoms with Crippen LogP contribution in [0.3, 0.4) is 0 Å². The lowest BCUT2D eigenvalue weighted by atomic mass is 9.47. The second-order valence-electron chi connectivity index (χ2n) is 9.01. The van der Waals surface area contributed by atoms with Gasteiger partial charge < -0.3 is 20.4 Å². The van der Waals surface area contributed by atoms with E-state index in [0.717, 1.165) is 37.7 Å². The maximum atomic E-state index is 10.9. The highest BCUT2D eigenvalue weighted by molar-refractivity contribution is 5.31. The Hall–Kier alpha value is -0.420. The molecule has 0 amide bonds. The number of rotatable bonds is 0. The summed E-state index contributed by atoms with van der Waals surface area (Å²) < 4.78 is 0. The van der Waals surface area contributed by atoms with Gasteiger partial charge in [-0.2, -0.15) is 0 Å². The molecule has 0 aromatic heterocycles. The van der Waals surface area contributed by atoms with Crippen molar-refractivity contribution in [2.75, 3.05) is 0 Å². The topological polar surface area (TPSA) is 80.9 Å². The zero-order valence-electron chi connectivity index (χ0n) is 14.2. The first-order valence-electron chi connectivity index (χ1n) is 9.23. The van der Waals surface area contributed by atoms with Gasteiger partial charge in [-0.1, -0.05) is 19.9 Å². The summed E-state index contributed by atoms with van der Waals surface area (Å²) >= 11 is 0. The van der Waals surface area contributed by atoms with Gasteiger partial charge in [0.15, 0.2) is 0 Å². The van der Waals surface area contributed by atoms with Crippen LogP contribution in [-0.4, -0.2) is 44.8 Å². The predicted molar refractivity (Wildman–Crippen MR) is 86.5 cm³/mol. The van der Waals surface area contributed by atoms with Gasteiger partial charge in [0.1, 0.15) is 6.10 Å². The molecule has 4 N–H and O–H groups in total. The lowest BCUT2D eigenvalue weighted by molar-refractivity contribution is -0.117. The molecule has 4 nitrogen and oxygen atoms in total. The van der Waals surface area contributed by atoms with E-state index in [0.29, 0.717) is 18.3 Å². The number of fused-ring (bicyclic) bond motifs is 5. The third kappa shape index (κ3) is 1.98. The van der Waals surface area contributed by atoms with E-state index in [2.05, 4.69) is 13.8 Å². The molecule has 0 heterocycles. The summed E-state index contributed by atoms with van der Waals surface area (Å²) in [6.45, 7) is 4.41. The number of hydrogen-bond donors (Lipinski definition) is 4. The van der Waals surface area contributed by atoms with E-state index in [-0.39, 0.29) is 22.9 Å². The molecule has 4 heteroatoms. The zero-order valence-corrected chi connectivity index (χ0v) is 14.2. The minimum Gasteiger partial charge on any atom is -0.393 e. The summed E-state index contributed by atoms with van der Waals surface area (Å²) in [5.41, 5.74) is 0.654. The van der Waals surface area contributed by atoms with E-state index < -0.39 is 18.3 Å². The molecule has 9 atom stereocenters. The Kier molecular flexibility index (Phi) is 3.52. The molecule has 4 aliphatic carbocycles. The van der Waals surface area contributed by atoms with Crippen LogP contribution >= 0.6 is 0 Å². The summed E-state index contributed by atoms with van der Waals surface area (Å²) in [5, 5.41) is 41.8. The SMILES string of the molecule is C[C@]12CC[C@H]3[C@@H]([C@@H](O)C=C4[C@@H](O)[C@@H](O)CC[C@@]43C)[C@@H]1CC[C@@H]2O. The standard InChI is InChI=1S/C19H30O4/c1-18-8-6-13(20)17(23)12(18)9-14(21)16-10-3-4-15(22)19(10,2)7-5-11(16)18/h9-11,13-17,20-23H,3-8H2,1-2H3/t10-,11-,13-,14-,15-,16-,17+,18+,19-/m0/s1. The molecule has 130 valence electrons. The third-order valence-corrected chi connectivity index (χ3v) is 8.15. The smallest absolute Gasteiger partial charge is 0.101 e. The van der Waals surface area contributed by atoms with Crippen LogP contribution in [0.2, 0.25) is 0 Å². The predicted octanol–water partition coefficient (Wildman–Crippen LogP) is 1.61. The minimum atomic E-state index is -0.841. The van der Waals surface area contributed by atoms with Crippen LogP contribution < -0.4 is 0 Å². The molecule has 0 spiro atoms. The van der Waals surface area contributed by atoms with Crippen LogP contribution in [0.1, 0.15) is 52.4 Å². The summed E-state index contributed by atoms with van der Waals surface area (Å²) in [5.74, 6) is 0.856. The number of hydrogen-bond acceptors (Lipinski definition) is 4. The van der Waals surface area contributed by atoms with Gasteiger partial charge >= 0.3 is 0 Å². The number of aliphatic hydroxyl groups excluding tert-OH is 4. The lowest BCUT2D eigenvalue weighted by Gasteiger charge is -2.59. The van der Waals surface area contributed by atoms with Crippen LogP contribution in [0, 0.1) is 28.6 Å². The Morgan fingerprint density at radius 3 is 2.39 bits per heavy atom. The maximum Gasteiger partial charge on any atom is 0.101 e. The molecule has 3 fully saturated rings. The van der Waals surface area contributed by atoms with Crippen molar-refractivity contribution in [2.45, 2.75) is 76.8 Å². The summed E-state index contributed by atoms with van der Waals surface area (Å²) in [6, 6.07) is 0. The Morgan fingerprint density at radius 2 is 1.65 bits per heavy atom. The van der Waals surface area contributed by atoms with E-state index in [1.54, 1.807) is 0 Å². The zero-order chi connectivity index (χ0) is 16.6. The summed E-state index contributed by atoms with van der Waals surface area (Å²) in [4.78, 5) is 0. The fourth-order valence-corrected chi connectivity index (χ4v) is 6.67. The van der Waals surface area contributed by atoms with Crippen molar-refractivity contribution < 1.29 is 20.4 Å². The molecule has 0 unspecified atom stereocenters. The van der Waals surface area contributed by atoms with Crippen molar-refractivity contribution in [1.82, 2.24) is 0 Å². The first-order valence-corrected chi connectivity index (χ1v) is 9.23. The van der Waals surface area contributed by atoms with Crippen LogP contribution in [0.25, 0.3) is 0 Å².